The molecule has 1 fully saturated rings. The molecule has 29 heavy (non-hydrogen) atoms. The van der Waals surface area contributed by atoms with Gasteiger partial charge < -0.3 is 14.4 Å². The van der Waals surface area contributed by atoms with E-state index >= 15 is 0 Å². The number of para-hydroxylation sites is 1. The molecule has 3 aromatic rings. The molecule has 1 aromatic carbocycles. The summed E-state index contributed by atoms with van der Waals surface area (Å²) >= 11 is 0. The average molecular weight is 391 g/mol. The van der Waals surface area contributed by atoms with Crippen molar-refractivity contribution in [2.45, 2.75) is 19.3 Å². The highest BCUT2D eigenvalue weighted by Gasteiger charge is 2.39. The van der Waals surface area contributed by atoms with Gasteiger partial charge in [-0.15, -0.1) is 0 Å². The van der Waals surface area contributed by atoms with Crippen LogP contribution in [0.3, 0.4) is 0 Å². The number of hydrogen-bond acceptors (Lipinski definition) is 5. The Labute approximate surface area is 169 Å². The maximum atomic E-state index is 12.9. The second-order valence-corrected chi connectivity index (χ2v) is 7.98. The second kappa shape index (κ2) is 7.19. The van der Waals surface area contributed by atoms with Gasteiger partial charge >= 0.3 is 0 Å². The number of hydrogen-bond donors (Lipinski definition) is 0. The molecule has 4 heterocycles. The number of methoxy groups -OCH3 is 1. The number of ether oxygens (including phenoxy) is 2. The first-order valence-corrected chi connectivity index (χ1v) is 10.1. The molecule has 0 spiro atoms. The molecule has 0 aliphatic carbocycles. The lowest BCUT2D eigenvalue weighted by atomic mass is 9.87. The topological polar surface area (TPSA) is 56.1 Å². The highest BCUT2D eigenvalue weighted by Crippen LogP contribution is 2.45. The van der Waals surface area contributed by atoms with Crippen molar-refractivity contribution in [1.29, 1.82) is 0 Å². The van der Waals surface area contributed by atoms with Crippen LogP contribution in [-0.4, -0.2) is 47.6 Å². The lowest BCUT2D eigenvalue weighted by molar-refractivity contribution is 0.204. The van der Waals surface area contributed by atoms with E-state index in [2.05, 4.69) is 16.0 Å². The number of benzene rings is 1. The van der Waals surface area contributed by atoms with Crippen LogP contribution in [0.25, 0.3) is 5.65 Å². The normalized spacial score (nSPS) is 20.9. The first-order chi connectivity index (χ1) is 14.2. The zero-order valence-electron chi connectivity index (χ0n) is 16.8. The van der Waals surface area contributed by atoms with E-state index < -0.39 is 0 Å². The molecule has 0 amide bonds. The van der Waals surface area contributed by atoms with Crippen molar-refractivity contribution in [1.82, 2.24) is 14.3 Å². The van der Waals surface area contributed by atoms with E-state index in [1.165, 1.54) is 5.56 Å². The van der Waals surface area contributed by atoms with Gasteiger partial charge in [0, 0.05) is 54.5 Å². The predicted molar refractivity (Wildman–Crippen MR) is 111 cm³/mol. The number of likely N-dealkylation sites (tertiary alicyclic amines) is 1. The summed E-state index contributed by atoms with van der Waals surface area (Å²) in [5.41, 5.74) is 3.63. The van der Waals surface area contributed by atoms with Crippen LogP contribution in [0.4, 0.5) is 0 Å². The predicted octanol–water partition coefficient (Wildman–Crippen LogP) is 2.66. The highest BCUT2D eigenvalue weighted by atomic mass is 16.5. The lowest BCUT2D eigenvalue weighted by Gasteiger charge is -2.28. The summed E-state index contributed by atoms with van der Waals surface area (Å²) in [5, 5.41) is 0. The zero-order chi connectivity index (χ0) is 20.0. The minimum atomic E-state index is 0.0446. The summed E-state index contributed by atoms with van der Waals surface area (Å²) in [7, 11) is 1.68. The monoisotopic (exact) mass is 391 g/mol. The van der Waals surface area contributed by atoms with E-state index in [9.17, 15) is 4.79 Å². The molecule has 0 N–H and O–H groups in total. The molecule has 0 radical (unpaired) electrons. The number of fused-ring (bicyclic) bond motifs is 4. The number of aryl methyl sites for hydroxylation is 1. The SMILES string of the molecule is COc1cccc2c1OC[C@H]1CN(CCc3c(C)nc4ccccn4c3=O)C[C@@H]21. The fourth-order valence-electron chi connectivity index (χ4n) is 4.79. The van der Waals surface area contributed by atoms with Crippen LogP contribution in [0, 0.1) is 12.8 Å². The molecule has 5 rings (SSSR count). The first-order valence-electron chi connectivity index (χ1n) is 10.1. The van der Waals surface area contributed by atoms with Crippen molar-refractivity contribution < 1.29 is 9.47 Å². The van der Waals surface area contributed by atoms with Gasteiger partial charge in [0.1, 0.15) is 5.65 Å². The lowest BCUT2D eigenvalue weighted by Crippen LogP contribution is -2.28. The van der Waals surface area contributed by atoms with E-state index in [0.717, 1.165) is 42.4 Å². The molecular weight excluding hydrogens is 366 g/mol. The van der Waals surface area contributed by atoms with Gasteiger partial charge in [-0.2, -0.15) is 0 Å². The van der Waals surface area contributed by atoms with Gasteiger partial charge in [-0.25, -0.2) is 4.98 Å². The quantitative estimate of drug-likeness (QED) is 0.684. The van der Waals surface area contributed by atoms with Crippen molar-refractivity contribution in [3.63, 3.8) is 0 Å². The highest BCUT2D eigenvalue weighted by molar-refractivity contribution is 5.50. The number of nitrogens with zero attached hydrogens (tertiary/aromatic N) is 3. The second-order valence-electron chi connectivity index (χ2n) is 7.98. The third-order valence-corrected chi connectivity index (χ3v) is 6.30. The van der Waals surface area contributed by atoms with E-state index in [-0.39, 0.29) is 5.56 Å². The molecule has 0 bridgehead atoms. The van der Waals surface area contributed by atoms with Gasteiger partial charge in [-0.05, 0) is 31.5 Å². The van der Waals surface area contributed by atoms with Crippen LogP contribution in [-0.2, 0) is 6.42 Å². The zero-order valence-corrected chi connectivity index (χ0v) is 16.8. The molecule has 2 aliphatic rings. The van der Waals surface area contributed by atoms with Crippen LogP contribution < -0.4 is 15.0 Å². The average Bonchev–Trinajstić information content (AvgIpc) is 3.16. The number of rotatable bonds is 4. The summed E-state index contributed by atoms with van der Waals surface area (Å²) in [6.07, 6.45) is 2.50. The minimum Gasteiger partial charge on any atom is -0.493 e. The summed E-state index contributed by atoms with van der Waals surface area (Å²) in [4.78, 5) is 20.0. The van der Waals surface area contributed by atoms with Gasteiger partial charge in [0.25, 0.3) is 5.56 Å². The third-order valence-electron chi connectivity index (χ3n) is 6.30. The van der Waals surface area contributed by atoms with Gasteiger partial charge in [0.2, 0.25) is 0 Å². The minimum absolute atomic E-state index is 0.0446. The van der Waals surface area contributed by atoms with Crippen LogP contribution >= 0.6 is 0 Å². The Kier molecular flexibility index (Phi) is 4.51. The van der Waals surface area contributed by atoms with Gasteiger partial charge in [0.15, 0.2) is 11.5 Å². The Morgan fingerprint density at radius 3 is 2.97 bits per heavy atom. The molecule has 1 saturated heterocycles. The van der Waals surface area contributed by atoms with Crippen molar-refractivity contribution in [3.05, 3.63) is 69.8 Å². The van der Waals surface area contributed by atoms with Crippen LogP contribution in [0.1, 0.15) is 22.7 Å². The first kappa shape index (κ1) is 18.2. The molecule has 2 aliphatic heterocycles. The molecular formula is C23H25N3O3. The summed E-state index contributed by atoms with van der Waals surface area (Å²) in [6, 6.07) is 11.8. The molecule has 150 valence electrons. The van der Waals surface area contributed by atoms with Crippen LogP contribution in [0.5, 0.6) is 11.5 Å². The van der Waals surface area contributed by atoms with Gasteiger partial charge in [-0.1, -0.05) is 18.2 Å². The fraction of sp³-hybridized carbons (Fsp3) is 0.391. The van der Waals surface area contributed by atoms with E-state index in [4.69, 9.17) is 9.47 Å². The summed E-state index contributed by atoms with van der Waals surface area (Å²) in [5.74, 6) is 2.63. The largest absolute Gasteiger partial charge is 0.493 e. The third kappa shape index (κ3) is 3.08. The molecule has 0 saturated carbocycles. The Bertz CT molecular complexity index is 1120. The van der Waals surface area contributed by atoms with Gasteiger partial charge in [-0.3, -0.25) is 9.20 Å². The summed E-state index contributed by atoms with van der Waals surface area (Å²) < 4.78 is 13.2. The van der Waals surface area contributed by atoms with Crippen molar-refractivity contribution in [2.24, 2.45) is 5.92 Å². The Morgan fingerprint density at radius 2 is 2.10 bits per heavy atom. The molecule has 0 unspecified atom stereocenters. The van der Waals surface area contributed by atoms with E-state index in [1.54, 1.807) is 17.7 Å². The van der Waals surface area contributed by atoms with Gasteiger partial charge in [0.05, 0.1) is 13.7 Å². The Hall–Kier alpha value is -2.86. The Balaban J connectivity index is 1.35. The van der Waals surface area contributed by atoms with Crippen LogP contribution in [0.15, 0.2) is 47.4 Å². The Morgan fingerprint density at radius 1 is 1.21 bits per heavy atom. The summed E-state index contributed by atoms with van der Waals surface area (Å²) in [6.45, 7) is 5.47. The molecule has 6 heteroatoms. The van der Waals surface area contributed by atoms with Crippen molar-refractivity contribution in [2.75, 3.05) is 33.4 Å². The van der Waals surface area contributed by atoms with Crippen molar-refractivity contribution >= 4 is 5.65 Å². The molecule has 6 nitrogen and oxygen atoms in total. The van der Waals surface area contributed by atoms with E-state index in [0.29, 0.717) is 30.5 Å². The van der Waals surface area contributed by atoms with Crippen LogP contribution in [0.2, 0.25) is 0 Å². The molecule has 2 aromatic heterocycles. The standard InChI is InChI=1S/C23H25N3O3/c1-15-17(23(27)26-10-4-3-8-21(26)24-15)9-11-25-12-16-14-29-22-18(19(16)13-25)6-5-7-20(22)28-2/h3-8,10,16,19H,9,11-14H2,1-2H3/t16-,19-/m1/s1. The maximum absolute atomic E-state index is 12.9. The molecule has 2 atom stereocenters. The van der Waals surface area contributed by atoms with Crippen molar-refractivity contribution in [3.8, 4) is 11.5 Å². The van der Waals surface area contributed by atoms with E-state index in [1.807, 2.05) is 37.3 Å². The smallest absolute Gasteiger partial charge is 0.261 e. The number of aromatic nitrogens is 2. The fourth-order valence-corrected chi connectivity index (χ4v) is 4.79. The maximum Gasteiger partial charge on any atom is 0.261 e. The number of pyridine rings is 1.